The van der Waals surface area contributed by atoms with Gasteiger partial charge in [0.2, 0.25) is 0 Å². The first-order valence-electron chi connectivity index (χ1n) is 7.41. The van der Waals surface area contributed by atoms with Crippen LogP contribution >= 0.6 is 0 Å². The minimum absolute atomic E-state index is 0.0202. The molecule has 2 amide bonds. The first kappa shape index (κ1) is 17.0. The lowest BCUT2D eigenvalue weighted by molar-refractivity contribution is 0.119. The first-order valence-corrected chi connectivity index (χ1v) is 7.41. The number of ether oxygens (including phenoxy) is 2. The Morgan fingerprint density at radius 1 is 1.04 bits per heavy atom. The number of urea groups is 1. The molecule has 0 aliphatic carbocycles. The second-order valence-electron chi connectivity index (χ2n) is 5.21. The second kappa shape index (κ2) is 8.31. The summed E-state index contributed by atoms with van der Waals surface area (Å²) in [5.74, 6) is 0. The van der Waals surface area contributed by atoms with Crippen LogP contribution in [0.1, 0.15) is 24.2 Å². The van der Waals surface area contributed by atoms with E-state index in [1.54, 1.807) is 14.2 Å². The van der Waals surface area contributed by atoms with Crippen LogP contribution in [0.4, 0.5) is 16.2 Å². The van der Waals surface area contributed by atoms with E-state index in [1.165, 1.54) is 0 Å². The van der Waals surface area contributed by atoms with Crippen LogP contribution in [0.5, 0.6) is 0 Å². The van der Waals surface area contributed by atoms with Crippen molar-refractivity contribution in [2.75, 3.05) is 24.9 Å². The van der Waals surface area contributed by atoms with Gasteiger partial charge in [0.05, 0.1) is 12.7 Å². The van der Waals surface area contributed by atoms with Crippen molar-refractivity contribution < 1.29 is 14.3 Å². The van der Waals surface area contributed by atoms with Crippen LogP contribution in [0.25, 0.3) is 0 Å². The summed E-state index contributed by atoms with van der Waals surface area (Å²) in [6.45, 7) is 2.51. The van der Waals surface area contributed by atoms with Crippen molar-refractivity contribution >= 4 is 17.4 Å². The lowest BCUT2D eigenvalue weighted by Gasteiger charge is -2.12. The van der Waals surface area contributed by atoms with Crippen LogP contribution in [0.15, 0.2) is 48.5 Å². The molecule has 0 spiro atoms. The van der Waals surface area contributed by atoms with Gasteiger partial charge in [-0.3, -0.25) is 0 Å². The number of hydrogen-bond donors (Lipinski definition) is 2. The molecular formula is C18H22N2O3. The number of anilines is 2. The van der Waals surface area contributed by atoms with E-state index in [0.29, 0.717) is 6.61 Å². The topological polar surface area (TPSA) is 59.6 Å². The number of carbonyl (C=O) groups excluding carboxylic acids is 1. The predicted octanol–water partition coefficient (Wildman–Crippen LogP) is 4.18. The molecule has 122 valence electrons. The third kappa shape index (κ3) is 5.09. The Balaban J connectivity index is 1.96. The number of carbonyl (C=O) groups is 1. The minimum Gasteiger partial charge on any atom is -0.380 e. The maximum absolute atomic E-state index is 12.1. The maximum Gasteiger partial charge on any atom is 0.323 e. The summed E-state index contributed by atoms with van der Waals surface area (Å²) < 4.78 is 10.3. The van der Waals surface area contributed by atoms with Gasteiger partial charge in [0, 0.05) is 25.6 Å². The van der Waals surface area contributed by atoms with Crippen molar-refractivity contribution in [2.45, 2.75) is 19.6 Å². The molecule has 2 N–H and O–H groups in total. The van der Waals surface area contributed by atoms with E-state index in [1.807, 2.05) is 55.5 Å². The molecule has 0 aliphatic heterocycles. The Morgan fingerprint density at radius 2 is 1.74 bits per heavy atom. The third-order valence-corrected chi connectivity index (χ3v) is 3.49. The molecule has 0 radical (unpaired) electrons. The van der Waals surface area contributed by atoms with Gasteiger partial charge in [-0.2, -0.15) is 0 Å². The van der Waals surface area contributed by atoms with E-state index >= 15 is 0 Å². The Labute approximate surface area is 136 Å². The maximum atomic E-state index is 12.1. The summed E-state index contributed by atoms with van der Waals surface area (Å²) in [6.07, 6.45) is -0.0202. The average molecular weight is 314 g/mol. The standard InChI is InChI=1S/C18H22N2O3/c1-13(23-3)15-5-4-6-17(11-15)20-18(21)19-16-9-7-14(8-10-16)12-22-2/h4-11,13H,12H2,1-3H3,(H2,19,20,21)/t13-/m0/s1. The highest BCUT2D eigenvalue weighted by atomic mass is 16.5. The highest BCUT2D eigenvalue weighted by molar-refractivity contribution is 5.99. The summed E-state index contributed by atoms with van der Waals surface area (Å²) in [4.78, 5) is 12.1. The fraction of sp³-hybridized carbons (Fsp3) is 0.278. The lowest BCUT2D eigenvalue weighted by Crippen LogP contribution is -2.19. The van der Waals surface area contributed by atoms with E-state index in [4.69, 9.17) is 9.47 Å². The van der Waals surface area contributed by atoms with Gasteiger partial charge < -0.3 is 20.1 Å². The monoisotopic (exact) mass is 314 g/mol. The molecule has 2 rings (SSSR count). The molecule has 1 atom stereocenters. The van der Waals surface area contributed by atoms with Crippen LogP contribution in [0.3, 0.4) is 0 Å². The molecule has 2 aromatic rings. The van der Waals surface area contributed by atoms with E-state index in [9.17, 15) is 4.79 Å². The number of amides is 2. The average Bonchev–Trinajstić information content (AvgIpc) is 2.56. The molecule has 0 saturated carbocycles. The van der Waals surface area contributed by atoms with Crippen molar-refractivity contribution in [3.8, 4) is 0 Å². The quantitative estimate of drug-likeness (QED) is 0.840. The van der Waals surface area contributed by atoms with Crippen molar-refractivity contribution in [3.63, 3.8) is 0 Å². The van der Waals surface area contributed by atoms with Crippen molar-refractivity contribution in [3.05, 3.63) is 59.7 Å². The molecular weight excluding hydrogens is 292 g/mol. The number of rotatable bonds is 6. The number of methoxy groups -OCH3 is 2. The first-order chi connectivity index (χ1) is 11.1. The summed E-state index contributed by atoms with van der Waals surface area (Å²) in [5.41, 5.74) is 3.51. The summed E-state index contributed by atoms with van der Waals surface area (Å²) in [5, 5.41) is 5.62. The molecule has 0 aromatic heterocycles. The van der Waals surface area contributed by atoms with Crippen LogP contribution < -0.4 is 10.6 Å². The summed E-state index contributed by atoms with van der Waals surface area (Å²) in [7, 11) is 3.31. The van der Waals surface area contributed by atoms with Crippen molar-refractivity contribution in [2.24, 2.45) is 0 Å². The van der Waals surface area contributed by atoms with E-state index in [2.05, 4.69) is 10.6 Å². The van der Waals surface area contributed by atoms with Gasteiger partial charge >= 0.3 is 6.03 Å². The highest BCUT2D eigenvalue weighted by Crippen LogP contribution is 2.20. The predicted molar refractivity (Wildman–Crippen MR) is 91.7 cm³/mol. The largest absolute Gasteiger partial charge is 0.380 e. The summed E-state index contributed by atoms with van der Waals surface area (Å²) in [6, 6.07) is 14.8. The van der Waals surface area contributed by atoms with Crippen LogP contribution in [-0.4, -0.2) is 20.3 Å². The van der Waals surface area contributed by atoms with Crippen LogP contribution in [0.2, 0.25) is 0 Å². The molecule has 0 aliphatic rings. The molecule has 5 nitrogen and oxygen atoms in total. The van der Waals surface area contributed by atoms with Gasteiger partial charge in [-0.05, 0) is 42.3 Å². The highest BCUT2D eigenvalue weighted by Gasteiger charge is 2.07. The summed E-state index contributed by atoms with van der Waals surface area (Å²) >= 11 is 0. The fourth-order valence-electron chi connectivity index (χ4n) is 2.15. The molecule has 0 unspecified atom stereocenters. The van der Waals surface area contributed by atoms with Gasteiger partial charge in [0.1, 0.15) is 0 Å². The fourth-order valence-corrected chi connectivity index (χ4v) is 2.15. The van der Waals surface area contributed by atoms with Gasteiger partial charge in [-0.25, -0.2) is 4.79 Å². The Morgan fingerprint density at radius 3 is 2.39 bits per heavy atom. The molecule has 0 saturated heterocycles. The molecule has 2 aromatic carbocycles. The van der Waals surface area contributed by atoms with Crippen LogP contribution in [0, 0.1) is 0 Å². The minimum atomic E-state index is -0.285. The molecule has 23 heavy (non-hydrogen) atoms. The number of hydrogen-bond acceptors (Lipinski definition) is 3. The zero-order valence-corrected chi connectivity index (χ0v) is 13.6. The van der Waals surface area contributed by atoms with Gasteiger partial charge in [0.15, 0.2) is 0 Å². The Hall–Kier alpha value is -2.37. The van der Waals surface area contributed by atoms with Gasteiger partial charge in [0.25, 0.3) is 0 Å². The molecule has 0 fully saturated rings. The Bertz CT molecular complexity index is 641. The van der Waals surface area contributed by atoms with Gasteiger partial charge in [-0.1, -0.05) is 24.3 Å². The van der Waals surface area contributed by atoms with Crippen LogP contribution in [-0.2, 0) is 16.1 Å². The molecule has 5 heteroatoms. The van der Waals surface area contributed by atoms with E-state index in [-0.39, 0.29) is 12.1 Å². The Kier molecular flexibility index (Phi) is 6.14. The molecule has 0 bridgehead atoms. The third-order valence-electron chi connectivity index (χ3n) is 3.49. The van der Waals surface area contributed by atoms with Crippen molar-refractivity contribution in [1.82, 2.24) is 0 Å². The van der Waals surface area contributed by atoms with Crippen molar-refractivity contribution in [1.29, 1.82) is 0 Å². The zero-order chi connectivity index (χ0) is 16.7. The lowest BCUT2D eigenvalue weighted by atomic mass is 10.1. The van der Waals surface area contributed by atoms with E-state index in [0.717, 1.165) is 22.5 Å². The van der Waals surface area contributed by atoms with E-state index < -0.39 is 0 Å². The second-order valence-corrected chi connectivity index (χ2v) is 5.21. The number of nitrogens with one attached hydrogen (secondary N) is 2. The number of benzene rings is 2. The molecule has 0 heterocycles. The zero-order valence-electron chi connectivity index (χ0n) is 13.6. The van der Waals surface area contributed by atoms with Gasteiger partial charge in [-0.15, -0.1) is 0 Å². The smallest absolute Gasteiger partial charge is 0.323 e. The normalized spacial score (nSPS) is 11.8. The SMILES string of the molecule is COCc1ccc(NC(=O)Nc2cccc([C@H](C)OC)c2)cc1.